The molecule has 0 aromatic heterocycles. The number of benzene rings is 1. The number of amides is 2. The maximum absolute atomic E-state index is 12.7. The second kappa shape index (κ2) is 6.52. The third kappa shape index (κ3) is 4.21. The first-order valence-corrected chi connectivity index (χ1v) is 6.66. The summed E-state index contributed by atoms with van der Waals surface area (Å²) in [6.07, 6.45) is 1.14. The lowest BCUT2D eigenvalue weighted by atomic mass is 9.88. The highest BCUT2D eigenvalue weighted by atomic mass is 19.1. The molecule has 1 aliphatic rings. The minimum Gasteiger partial charge on any atom is -0.338 e. The van der Waals surface area contributed by atoms with Crippen molar-refractivity contribution in [1.82, 2.24) is 10.6 Å². The van der Waals surface area contributed by atoms with Crippen LogP contribution in [0.5, 0.6) is 0 Å². The molecule has 0 saturated carbocycles. The van der Waals surface area contributed by atoms with Crippen molar-refractivity contribution >= 4 is 11.7 Å². The van der Waals surface area contributed by atoms with E-state index < -0.39 is 0 Å². The number of hydrogen-bond acceptors (Lipinski definition) is 2. The summed E-state index contributed by atoms with van der Waals surface area (Å²) in [4.78, 5) is 11.7. The summed E-state index contributed by atoms with van der Waals surface area (Å²) in [5.74, 6) is 0.771. The summed E-state index contributed by atoms with van der Waals surface area (Å²) >= 11 is 0. The molecule has 4 nitrogen and oxygen atoms in total. The van der Waals surface area contributed by atoms with Crippen LogP contribution in [0.3, 0.4) is 0 Å². The first-order valence-electron chi connectivity index (χ1n) is 6.66. The minimum atomic E-state index is -0.312. The van der Waals surface area contributed by atoms with Crippen molar-refractivity contribution in [2.75, 3.05) is 25.0 Å². The Morgan fingerprint density at radius 2 is 2.16 bits per heavy atom. The van der Waals surface area contributed by atoms with E-state index in [9.17, 15) is 9.18 Å². The van der Waals surface area contributed by atoms with Crippen molar-refractivity contribution in [3.8, 4) is 0 Å². The molecule has 1 fully saturated rings. The Morgan fingerprint density at radius 1 is 1.42 bits per heavy atom. The van der Waals surface area contributed by atoms with Crippen molar-refractivity contribution in [2.45, 2.75) is 13.3 Å². The van der Waals surface area contributed by atoms with Gasteiger partial charge in [-0.15, -0.1) is 0 Å². The van der Waals surface area contributed by atoms with Crippen molar-refractivity contribution in [3.63, 3.8) is 0 Å². The molecule has 1 heterocycles. The van der Waals surface area contributed by atoms with Crippen LogP contribution in [0.25, 0.3) is 0 Å². The molecule has 0 aliphatic carbocycles. The van der Waals surface area contributed by atoms with Crippen molar-refractivity contribution in [3.05, 3.63) is 30.1 Å². The molecular weight excluding hydrogens is 245 g/mol. The molecule has 0 spiro atoms. The summed E-state index contributed by atoms with van der Waals surface area (Å²) in [6.45, 7) is 4.86. The van der Waals surface area contributed by atoms with Crippen LogP contribution in [0.15, 0.2) is 24.3 Å². The summed E-state index contributed by atoms with van der Waals surface area (Å²) in [6, 6.07) is 5.48. The van der Waals surface area contributed by atoms with E-state index in [1.165, 1.54) is 12.1 Å². The standard InChI is InChI=1S/C14H20FN3O/c1-10-6-7-16-8-11(10)9-17-14(19)18-13-4-2-12(15)3-5-13/h2-5,10-11,16H,6-9H2,1H3,(H2,17,18,19). The molecule has 1 aliphatic heterocycles. The molecule has 3 N–H and O–H groups in total. The zero-order chi connectivity index (χ0) is 13.7. The predicted molar refractivity (Wildman–Crippen MR) is 73.6 cm³/mol. The second-order valence-electron chi connectivity index (χ2n) is 5.07. The van der Waals surface area contributed by atoms with E-state index in [-0.39, 0.29) is 11.8 Å². The largest absolute Gasteiger partial charge is 0.338 e. The number of hydrogen-bond donors (Lipinski definition) is 3. The van der Waals surface area contributed by atoms with E-state index >= 15 is 0 Å². The second-order valence-corrected chi connectivity index (χ2v) is 5.07. The molecule has 0 radical (unpaired) electrons. The van der Waals surface area contributed by atoms with Crippen molar-refractivity contribution in [2.24, 2.45) is 11.8 Å². The number of halogens is 1. The first kappa shape index (κ1) is 13.8. The van der Waals surface area contributed by atoms with Crippen LogP contribution < -0.4 is 16.0 Å². The average molecular weight is 265 g/mol. The van der Waals surface area contributed by atoms with Crippen LogP contribution >= 0.6 is 0 Å². The number of carbonyl (C=O) groups excluding carboxylic acids is 1. The Morgan fingerprint density at radius 3 is 2.84 bits per heavy atom. The Labute approximate surface area is 112 Å². The maximum atomic E-state index is 12.7. The number of carbonyl (C=O) groups is 1. The highest BCUT2D eigenvalue weighted by molar-refractivity contribution is 5.89. The van der Waals surface area contributed by atoms with E-state index in [0.29, 0.717) is 24.1 Å². The Hall–Kier alpha value is -1.62. The Kier molecular flexibility index (Phi) is 4.74. The highest BCUT2D eigenvalue weighted by Crippen LogP contribution is 2.17. The molecule has 1 aromatic carbocycles. The van der Waals surface area contributed by atoms with Gasteiger partial charge in [0, 0.05) is 12.2 Å². The molecular formula is C14H20FN3O. The zero-order valence-electron chi connectivity index (χ0n) is 11.1. The smallest absolute Gasteiger partial charge is 0.319 e. The number of rotatable bonds is 3. The summed E-state index contributed by atoms with van der Waals surface area (Å²) in [7, 11) is 0. The van der Waals surface area contributed by atoms with Gasteiger partial charge < -0.3 is 16.0 Å². The van der Waals surface area contributed by atoms with Gasteiger partial charge >= 0.3 is 6.03 Å². The highest BCUT2D eigenvalue weighted by Gasteiger charge is 2.21. The number of nitrogens with one attached hydrogen (secondary N) is 3. The van der Waals surface area contributed by atoms with Gasteiger partial charge in [0.05, 0.1) is 0 Å². The van der Waals surface area contributed by atoms with Gasteiger partial charge in [-0.1, -0.05) is 6.92 Å². The number of urea groups is 1. The van der Waals surface area contributed by atoms with Gasteiger partial charge in [-0.25, -0.2) is 9.18 Å². The van der Waals surface area contributed by atoms with E-state index in [2.05, 4.69) is 22.9 Å². The van der Waals surface area contributed by atoms with E-state index in [4.69, 9.17) is 0 Å². The number of anilines is 1. The van der Waals surface area contributed by atoms with Gasteiger partial charge in [0.15, 0.2) is 0 Å². The predicted octanol–water partition coefficient (Wildman–Crippen LogP) is 2.19. The molecule has 1 aromatic rings. The van der Waals surface area contributed by atoms with Crippen LogP contribution in [0, 0.1) is 17.7 Å². The van der Waals surface area contributed by atoms with Gasteiger partial charge in [0.2, 0.25) is 0 Å². The van der Waals surface area contributed by atoms with E-state index in [1.54, 1.807) is 12.1 Å². The summed E-state index contributed by atoms with van der Waals surface area (Å²) in [5.41, 5.74) is 0.591. The maximum Gasteiger partial charge on any atom is 0.319 e. The van der Waals surface area contributed by atoms with Crippen LogP contribution in [0.1, 0.15) is 13.3 Å². The minimum absolute atomic E-state index is 0.246. The van der Waals surface area contributed by atoms with Gasteiger partial charge in [-0.2, -0.15) is 0 Å². The monoisotopic (exact) mass is 265 g/mol. The fourth-order valence-corrected chi connectivity index (χ4v) is 2.26. The fraction of sp³-hybridized carbons (Fsp3) is 0.500. The normalized spacial score (nSPS) is 22.8. The molecule has 2 atom stereocenters. The molecule has 2 amide bonds. The SMILES string of the molecule is CC1CCNCC1CNC(=O)Nc1ccc(F)cc1. The quantitative estimate of drug-likeness (QED) is 0.784. The lowest BCUT2D eigenvalue weighted by Crippen LogP contribution is -2.43. The van der Waals surface area contributed by atoms with Crippen LogP contribution in [-0.2, 0) is 0 Å². The first-order chi connectivity index (χ1) is 9.15. The van der Waals surface area contributed by atoms with Crippen LogP contribution in [0.4, 0.5) is 14.9 Å². The molecule has 0 bridgehead atoms. The van der Waals surface area contributed by atoms with Crippen molar-refractivity contribution < 1.29 is 9.18 Å². The van der Waals surface area contributed by atoms with Crippen LogP contribution in [-0.4, -0.2) is 25.7 Å². The molecule has 2 unspecified atom stereocenters. The van der Waals surface area contributed by atoms with E-state index in [1.807, 2.05) is 0 Å². The molecule has 1 saturated heterocycles. The Balaban J connectivity index is 1.76. The van der Waals surface area contributed by atoms with Gasteiger partial charge in [0.1, 0.15) is 5.82 Å². The third-order valence-corrected chi connectivity index (χ3v) is 3.61. The summed E-state index contributed by atoms with van der Waals surface area (Å²) < 4.78 is 12.7. The van der Waals surface area contributed by atoms with Gasteiger partial charge in [-0.05, 0) is 55.6 Å². The molecule has 19 heavy (non-hydrogen) atoms. The van der Waals surface area contributed by atoms with Gasteiger partial charge in [0.25, 0.3) is 0 Å². The molecule has 5 heteroatoms. The Bertz CT molecular complexity index is 421. The van der Waals surface area contributed by atoms with Gasteiger partial charge in [-0.3, -0.25) is 0 Å². The van der Waals surface area contributed by atoms with E-state index in [0.717, 1.165) is 19.5 Å². The topological polar surface area (TPSA) is 53.2 Å². The average Bonchev–Trinajstić information content (AvgIpc) is 2.40. The molecule has 2 rings (SSSR count). The zero-order valence-corrected chi connectivity index (χ0v) is 11.1. The molecule has 104 valence electrons. The fourth-order valence-electron chi connectivity index (χ4n) is 2.26. The third-order valence-electron chi connectivity index (χ3n) is 3.61. The van der Waals surface area contributed by atoms with Crippen LogP contribution in [0.2, 0.25) is 0 Å². The lowest BCUT2D eigenvalue weighted by molar-refractivity contribution is 0.238. The summed E-state index contributed by atoms with van der Waals surface area (Å²) in [5, 5.41) is 8.88. The lowest BCUT2D eigenvalue weighted by Gasteiger charge is -2.29. The number of piperidine rings is 1. The van der Waals surface area contributed by atoms with Crippen molar-refractivity contribution in [1.29, 1.82) is 0 Å².